The second-order valence-corrected chi connectivity index (χ2v) is 5.63. The fraction of sp³-hybridized carbons (Fsp3) is 1.00. The van der Waals surface area contributed by atoms with Crippen molar-refractivity contribution in [3.8, 4) is 0 Å². The SMILES string of the molecule is CC1CN(C)C(C)CC1NC(C)(CO)CO. The molecule has 3 atom stereocenters. The van der Waals surface area contributed by atoms with E-state index in [4.69, 9.17) is 0 Å². The summed E-state index contributed by atoms with van der Waals surface area (Å²) in [5.74, 6) is 0.540. The predicted octanol–water partition coefficient (Wildman–Crippen LogP) is 0.0480. The zero-order valence-electron chi connectivity index (χ0n) is 10.9. The van der Waals surface area contributed by atoms with Crippen molar-refractivity contribution in [2.45, 2.75) is 44.8 Å². The molecule has 0 aromatic carbocycles. The molecular formula is C12H26N2O2. The van der Waals surface area contributed by atoms with Crippen molar-refractivity contribution in [1.82, 2.24) is 10.2 Å². The van der Waals surface area contributed by atoms with E-state index in [1.54, 1.807) is 0 Å². The van der Waals surface area contributed by atoms with Gasteiger partial charge in [-0.05, 0) is 33.2 Å². The molecule has 0 aliphatic carbocycles. The maximum atomic E-state index is 9.29. The number of nitrogens with one attached hydrogen (secondary N) is 1. The first kappa shape index (κ1) is 13.9. The van der Waals surface area contributed by atoms with Crippen LogP contribution in [0.5, 0.6) is 0 Å². The van der Waals surface area contributed by atoms with E-state index < -0.39 is 5.54 Å². The highest BCUT2D eigenvalue weighted by Gasteiger charge is 2.33. The zero-order valence-corrected chi connectivity index (χ0v) is 10.9. The van der Waals surface area contributed by atoms with Crippen molar-refractivity contribution in [2.75, 3.05) is 26.8 Å². The summed E-state index contributed by atoms with van der Waals surface area (Å²) in [7, 11) is 2.15. The van der Waals surface area contributed by atoms with Gasteiger partial charge >= 0.3 is 0 Å². The molecule has 1 aliphatic rings. The van der Waals surface area contributed by atoms with Gasteiger partial charge in [0, 0.05) is 18.6 Å². The Balaban J connectivity index is 2.59. The number of likely N-dealkylation sites (tertiary alicyclic amines) is 1. The summed E-state index contributed by atoms with van der Waals surface area (Å²) in [6.45, 7) is 7.30. The lowest BCUT2D eigenvalue weighted by atomic mass is 9.87. The van der Waals surface area contributed by atoms with Gasteiger partial charge in [-0.1, -0.05) is 6.92 Å². The van der Waals surface area contributed by atoms with Gasteiger partial charge in [0.1, 0.15) is 0 Å². The van der Waals surface area contributed by atoms with Crippen LogP contribution < -0.4 is 5.32 Å². The van der Waals surface area contributed by atoms with E-state index in [9.17, 15) is 10.2 Å². The Morgan fingerprint density at radius 3 is 2.38 bits per heavy atom. The average Bonchev–Trinajstić information content (AvgIpc) is 2.25. The van der Waals surface area contributed by atoms with Crippen LogP contribution in [-0.2, 0) is 0 Å². The smallest absolute Gasteiger partial charge is 0.0633 e. The molecule has 1 heterocycles. The molecule has 0 aromatic rings. The second kappa shape index (κ2) is 5.45. The molecule has 96 valence electrons. The van der Waals surface area contributed by atoms with Crippen molar-refractivity contribution >= 4 is 0 Å². The largest absolute Gasteiger partial charge is 0.394 e. The Hall–Kier alpha value is -0.160. The van der Waals surface area contributed by atoms with Crippen LogP contribution >= 0.6 is 0 Å². The first-order chi connectivity index (χ1) is 7.41. The number of hydrogen-bond acceptors (Lipinski definition) is 4. The lowest BCUT2D eigenvalue weighted by Crippen LogP contribution is -2.59. The Kier molecular flexibility index (Phi) is 4.73. The molecule has 16 heavy (non-hydrogen) atoms. The van der Waals surface area contributed by atoms with Crippen LogP contribution in [0, 0.1) is 5.92 Å². The molecule has 1 saturated heterocycles. The Labute approximate surface area is 98.6 Å². The first-order valence-electron chi connectivity index (χ1n) is 6.11. The van der Waals surface area contributed by atoms with E-state index >= 15 is 0 Å². The molecule has 1 aliphatic heterocycles. The highest BCUT2D eigenvalue weighted by Crippen LogP contribution is 2.22. The number of nitrogens with zero attached hydrogens (tertiary/aromatic N) is 1. The van der Waals surface area contributed by atoms with Gasteiger partial charge in [-0.2, -0.15) is 0 Å². The number of aliphatic hydroxyl groups is 2. The van der Waals surface area contributed by atoms with Gasteiger partial charge in [0.05, 0.1) is 18.8 Å². The van der Waals surface area contributed by atoms with E-state index in [0.29, 0.717) is 18.0 Å². The minimum atomic E-state index is -0.561. The summed E-state index contributed by atoms with van der Waals surface area (Å²) in [4.78, 5) is 2.36. The standard InChI is InChI=1S/C12H26N2O2/c1-9-6-14(4)10(2)5-11(9)13-12(3,7-15)8-16/h9-11,13,15-16H,5-8H2,1-4H3. The molecule has 0 radical (unpaired) electrons. The molecule has 0 spiro atoms. The zero-order chi connectivity index (χ0) is 12.3. The van der Waals surface area contributed by atoms with Gasteiger partial charge in [0.25, 0.3) is 0 Å². The van der Waals surface area contributed by atoms with Crippen molar-refractivity contribution in [3.63, 3.8) is 0 Å². The second-order valence-electron chi connectivity index (χ2n) is 5.63. The Morgan fingerprint density at radius 2 is 1.88 bits per heavy atom. The first-order valence-corrected chi connectivity index (χ1v) is 6.11. The normalized spacial score (nSPS) is 33.0. The van der Waals surface area contributed by atoms with Crippen LogP contribution in [0.15, 0.2) is 0 Å². The molecule has 3 N–H and O–H groups in total. The minimum absolute atomic E-state index is 0.0308. The number of hydrogen-bond donors (Lipinski definition) is 3. The molecule has 1 fully saturated rings. The molecule has 4 nitrogen and oxygen atoms in total. The lowest BCUT2D eigenvalue weighted by Gasteiger charge is -2.43. The van der Waals surface area contributed by atoms with Crippen LogP contribution in [-0.4, -0.2) is 59.5 Å². The summed E-state index contributed by atoms with van der Waals surface area (Å²) in [5, 5.41) is 22.0. The monoisotopic (exact) mass is 230 g/mol. The van der Waals surface area contributed by atoms with Crippen molar-refractivity contribution in [2.24, 2.45) is 5.92 Å². The third-order valence-corrected chi connectivity index (χ3v) is 3.84. The average molecular weight is 230 g/mol. The van der Waals surface area contributed by atoms with E-state index in [1.807, 2.05) is 6.92 Å². The Bertz CT molecular complexity index is 219. The predicted molar refractivity (Wildman–Crippen MR) is 65.4 cm³/mol. The molecule has 0 bridgehead atoms. The van der Waals surface area contributed by atoms with E-state index in [2.05, 4.69) is 31.1 Å². The summed E-state index contributed by atoms with van der Waals surface area (Å²) >= 11 is 0. The number of aliphatic hydroxyl groups excluding tert-OH is 2. The number of rotatable bonds is 4. The summed E-state index contributed by atoms with van der Waals surface area (Å²) < 4.78 is 0. The van der Waals surface area contributed by atoms with E-state index in [-0.39, 0.29) is 13.2 Å². The molecule has 0 aromatic heterocycles. The van der Waals surface area contributed by atoms with Crippen LogP contribution in [0.4, 0.5) is 0 Å². The molecule has 3 unspecified atom stereocenters. The van der Waals surface area contributed by atoms with Gasteiger partial charge < -0.3 is 20.4 Å². The van der Waals surface area contributed by atoms with Gasteiger partial charge in [-0.3, -0.25) is 0 Å². The van der Waals surface area contributed by atoms with Gasteiger partial charge in [-0.15, -0.1) is 0 Å². The summed E-state index contributed by atoms with van der Waals surface area (Å²) in [6, 6.07) is 0.922. The molecule has 0 saturated carbocycles. The molecular weight excluding hydrogens is 204 g/mol. The van der Waals surface area contributed by atoms with Crippen LogP contribution in [0.3, 0.4) is 0 Å². The van der Waals surface area contributed by atoms with Crippen molar-refractivity contribution < 1.29 is 10.2 Å². The minimum Gasteiger partial charge on any atom is -0.394 e. The van der Waals surface area contributed by atoms with Crippen molar-refractivity contribution in [1.29, 1.82) is 0 Å². The van der Waals surface area contributed by atoms with Gasteiger partial charge in [0.2, 0.25) is 0 Å². The van der Waals surface area contributed by atoms with Crippen LogP contribution in [0.2, 0.25) is 0 Å². The summed E-state index contributed by atoms with van der Waals surface area (Å²) in [5.41, 5.74) is -0.561. The quantitative estimate of drug-likeness (QED) is 0.639. The fourth-order valence-corrected chi connectivity index (χ4v) is 2.33. The fourth-order valence-electron chi connectivity index (χ4n) is 2.33. The third kappa shape index (κ3) is 3.17. The summed E-state index contributed by atoms with van der Waals surface area (Å²) in [6.07, 6.45) is 1.06. The maximum absolute atomic E-state index is 9.29. The lowest BCUT2D eigenvalue weighted by molar-refractivity contribution is 0.0546. The topological polar surface area (TPSA) is 55.7 Å². The van der Waals surface area contributed by atoms with E-state index in [1.165, 1.54) is 0 Å². The van der Waals surface area contributed by atoms with Crippen LogP contribution in [0.1, 0.15) is 27.2 Å². The molecule has 4 heteroatoms. The Morgan fingerprint density at radius 1 is 1.31 bits per heavy atom. The molecule has 1 rings (SSSR count). The van der Waals surface area contributed by atoms with Crippen molar-refractivity contribution in [3.05, 3.63) is 0 Å². The highest BCUT2D eigenvalue weighted by molar-refractivity contribution is 4.92. The van der Waals surface area contributed by atoms with Gasteiger partial charge in [-0.25, -0.2) is 0 Å². The molecule has 0 amide bonds. The third-order valence-electron chi connectivity index (χ3n) is 3.84. The number of piperidine rings is 1. The van der Waals surface area contributed by atoms with Gasteiger partial charge in [0.15, 0.2) is 0 Å². The van der Waals surface area contributed by atoms with Crippen LogP contribution in [0.25, 0.3) is 0 Å². The van der Waals surface area contributed by atoms with E-state index in [0.717, 1.165) is 13.0 Å². The maximum Gasteiger partial charge on any atom is 0.0633 e. The highest BCUT2D eigenvalue weighted by atomic mass is 16.3.